The van der Waals surface area contributed by atoms with E-state index in [0.29, 0.717) is 6.54 Å². The number of hydrogen-bond donors (Lipinski definition) is 2. The molecule has 18 heavy (non-hydrogen) atoms. The molecule has 0 radical (unpaired) electrons. The highest BCUT2D eigenvalue weighted by molar-refractivity contribution is 7.07. The Balaban J connectivity index is 1.89. The Morgan fingerprint density at radius 1 is 1.50 bits per heavy atom. The molecular weight excluding hydrogens is 246 g/mol. The molecule has 2 rings (SSSR count). The van der Waals surface area contributed by atoms with Crippen molar-refractivity contribution in [2.45, 2.75) is 25.9 Å². The third-order valence-electron chi connectivity index (χ3n) is 3.50. The van der Waals surface area contributed by atoms with Crippen molar-refractivity contribution in [1.29, 1.82) is 0 Å². The number of nitrogens with zero attached hydrogens (tertiary/aromatic N) is 1. The van der Waals surface area contributed by atoms with Crippen molar-refractivity contribution in [3.05, 3.63) is 22.4 Å². The minimum absolute atomic E-state index is 0.107. The number of piperazine rings is 1. The lowest BCUT2D eigenvalue weighted by molar-refractivity contribution is -0.132. The zero-order valence-corrected chi connectivity index (χ0v) is 11.8. The maximum Gasteiger partial charge on any atom is 0.240 e. The number of thiophene rings is 1. The van der Waals surface area contributed by atoms with E-state index in [1.165, 1.54) is 5.56 Å². The summed E-state index contributed by atoms with van der Waals surface area (Å²) in [7, 11) is 0. The van der Waals surface area contributed by atoms with E-state index < -0.39 is 5.54 Å². The molecule has 0 saturated carbocycles. The van der Waals surface area contributed by atoms with Crippen molar-refractivity contribution in [2.75, 3.05) is 26.2 Å². The topological polar surface area (TPSA) is 44.4 Å². The second-order valence-corrected chi connectivity index (χ2v) is 5.89. The summed E-state index contributed by atoms with van der Waals surface area (Å²) < 4.78 is 0. The predicted molar refractivity (Wildman–Crippen MR) is 74.7 cm³/mol. The molecule has 2 heterocycles. The van der Waals surface area contributed by atoms with Crippen LogP contribution >= 0.6 is 11.3 Å². The number of rotatable bonds is 4. The van der Waals surface area contributed by atoms with Crippen LogP contribution in [0.15, 0.2) is 16.8 Å². The normalized spacial score (nSPS) is 17.7. The fourth-order valence-corrected chi connectivity index (χ4v) is 2.83. The van der Waals surface area contributed by atoms with Gasteiger partial charge in [0.2, 0.25) is 5.91 Å². The molecule has 1 aliphatic heterocycles. The molecule has 1 fully saturated rings. The Morgan fingerprint density at radius 3 is 2.83 bits per heavy atom. The molecule has 5 heteroatoms. The van der Waals surface area contributed by atoms with Crippen LogP contribution in [0.4, 0.5) is 0 Å². The number of amides is 1. The van der Waals surface area contributed by atoms with E-state index in [4.69, 9.17) is 0 Å². The zero-order chi connectivity index (χ0) is 13.0. The summed E-state index contributed by atoms with van der Waals surface area (Å²) in [6.45, 7) is 8.40. The average Bonchev–Trinajstić information content (AvgIpc) is 2.90. The summed E-state index contributed by atoms with van der Waals surface area (Å²) >= 11 is 1.66. The van der Waals surface area contributed by atoms with E-state index in [1.807, 2.05) is 25.3 Å². The first-order valence-electron chi connectivity index (χ1n) is 6.36. The van der Waals surface area contributed by atoms with Gasteiger partial charge in [-0.25, -0.2) is 0 Å². The maximum absolute atomic E-state index is 12.3. The lowest BCUT2D eigenvalue weighted by Crippen LogP contribution is -2.59. The highest BCUT2D eigenvalue weighted by atomic mass is 32.1. The van der Waals surface area contributed by atoms with Crippen molar-refractivity contribution in [2.24, 2.45) is 0 Å². The monoisotopic (exact) mass is 267 g/mol. The number of carbonyl (C=O) groups is 1. The second-order valence-electron chi connectivity index (χ2n) is 5.11. The van der Waals surface area contributed by atoms with Gasteiger partial charge in [-0.1, -0.05) is 0 Å². The summed E-state index contributed by atoms with van der Waals surface area (Å²) in [6, 6.07) is 2.04. The van der Waals surface area contributed by atoms with Gasteiger partial charge in [-0.15, -0.1) is 0 Å². The van der Waals surface area contributed by atoms with Crippen LogP contribution in [0.1, 0.15) is 19.4 Å². The van der Waals surface area contributed by atoms with Crippen molar-refractivity contribution in [3.8, 4) is 0 Å². The summed E-state index contributed by atoms with van der Waals surface area (Å²) in [5, 5.41) is 10.4. The number of hydrogen-bond acceptors (Lipinski definition) is 4. The molecule has 0 unspecified atom stereocenters. The van der Waals surface area contributed by atoms with Gasteiger partial charge in [0.1, 0.15) is 0 Å². The highest BCUT2D eigenvalue weighted by Gasteiger charge is 2.34. The molecule has 0 atom stereocenters. The van der Waals surface area contributed by atoms with Crippen LogP contribution in [-0.2, 0) is 11.3 Å². The molecule has 1 saturated heterocycles. The molecule has 0 bridgehead atoms. The fourth-order valence-electron chi connectivity index (χ4n) is 2.16. The first-order chi connectivity index (χ1) is 8.60. The van der Waals surface area contributed by atoms with E-state index in [9.17, 15) is 4.79 Å². The van der Waals surface area contributed by atoms with Gasteiger partial charge in [-0.3, -0.25) is 9.69 Å². The van der Waals surface area contributed by atoms with Crippen LogP contribution in [0.2, 0.25) is 0 Å². The standard InChI is InChI=1S/C13H21N3OS/c1-13(2,16-6-4-14-5-7-16)12(17)15-9-11-3-8-18-10-11/h3,8,10,14H,4-7,9H2,1-2H3,(H,15,17). The first kappa shape index (κ1) is 13.5. The van der Waals surface area contributed by atoms with E-state index in [1.54, 1.807) is 11.3 Å². The van der Waals surface area contributed by atoms with Crippen molar-refractivity contribution in [3.63, 3.8) is 0 Å². The third-order valence-corrected chi connectivity index (χ3v) is 4.23. The van der Waals surface area contributed by atoms with E-state index >= 15 is 0 Å². The largest absolute Gasteiger partial charge is 0.350 e. The Hall–Kier alpha value is -0.910. The summed E-state index contributed by atoms with van der Waals surface area (Å²) in [5.41, 5.74) is 0.738. The smallest absolute Gasteiger partial charge is 0.240 e. The summed E-state index contributed by atoms with van der Waals surface area (Å²) in [4.78, 5) is 14.5. The number of carbonyl (C=O) groups excluding carboxylic acids is 1. The molecule has 0 spiro atoms. The van der Waals surface area contributed by atoms with Crippen LogP contribution in [0.3, 0.4) is 0 Å². The van der Waals surface area contributed by atoms with Crippen LogP contribution in [-0.4, -0.2) is 42.5 Å². The highest BCUT2D eigenvalue weighted by Crippen LogP contribution is 2.15. The Labute approximate surface area is 112 Å². The predicted octanol–water partition coefficient (Wildman–Crippen LogP) is 1.05. The maximum atomic E-state index is 12.3. The van der Waals surface area contributed by atoms with E-state index in [0.717, 1.165) is 26.2 Å². The van der Waals surface area contributed by atoms with Crippen LogP contribution in [0.25, 0.3) is 0 Å². The van der Waals surface area contributed by atoms with E-state index in [2.05, 4.69) is 20.9 Å². The molecule has 1 aliphatic rings. The lowest BCUT2D eigenvalue weighted by Gasteiger charge is -2.39. The molecule has 1 aromatic rings. The van der Waals surface area contributed by atoms with Gasteiger partial charge in [0.25, 0.3) is 0 Å². The van der Waals surface area contributed by atoms with Crippen molar-refractivity contribution >= 4 is 17.2 Å². The Bertz CT molecular complexity index is 383. The molecule has 1 aromatic heterocycles. The number of nitrogens with one attached hydrogen (secondary N) is 2. The van der Waals surface area contributed by atoms with Gasteiger partial charge in [-0.2, -0.15) is 11.3 Å². The zero-order valence-electron chi connectivity index (χ0n) is 11.0. The van der Waals surface area contributed by atoms with Gasteiger partial charge in [0, 0.05) is 32.7 Å². The van der Waals surface area contributed by atoms with Gasteiger partial charge < -0.3 is 10.6 Å². The van der Waals surface area contributed by atoms with Crippen molar-refractivity contribution < 1.29 is 4.79 Å². The summed E-state index contributed by atoms with van der Waals surface area (Å²) in [5.74, 6) is 0.107. The third kappa shape index (κ3) is 3.10. The van der Waals surface area contributed by atoms with Gasteiger partial charge in [-0.05, 0) is 36.2 Å². The molecule has 1 amide bonds. The van der Waals surface area contributed by atoms with Gasteiger partial charge in [0.15, 0.2) is 0 Å². The molecule has 0 aromatic carbocycles. The fraction of sp³-hybridized carbons (Fsp3) is 0.615. The van der Waals surface area contributed by atoms with Gasteiger partial charge >= 0.3 is 0 Å². The molecule has 4 nitrogen and oxygen atoms in total. The molecule has 2 N–H and O–H groups in total. The lowest BCUT2D eigenvalue weighted by atomic mass is 10.0. The molecular formula is C13H21N3OS. The van der Waals surface area contributed by atoms with Crippen molar-refractivity contribution in [1.82, 2.24) is 15.5 Å². The second kappa shape index (κ2) is 5.82. The average molecular weight is 267 g/mol. The minimum Gasteiger partial charge on any atom is -0.350 e. The minimum atomic E-state index is -0.432. The SMILES string of the molecule is CC(C)(C(=O)NCc1ccsc1)N1CCNCC1. The van der Waals surface area contributed by atoms with Gasteiger partial charge in [0.05, 0.1) is 5.54 Å². The van der Waals surface area contributed by atoms with Crippen LogP contribution < -0.4 is 10.6 Å². The Morgan fingerprint density at radius 2 is 2.22 bits per heavy atom. The summed E-state index contributed by atoms with van der Waals surface area (Å²) in [6.07, 6.45) is 0. The van der Waals surface area contributed by atoms with Crippen LogP contribution in [0.5, 0.6) is 0 Å². The van der Waals surface area contributed by atoms with E-state index in [-0.39, 0.29) is 5.91 Å². The first-order valence-corrected chi connectivity index (χ1v) is 7.30. The molecule has 100 valence electrons. The van der Waals surface area contributed by atoms with Crippen LogP contribution in [0, 0.1) is 0 Å². The quantitative estimate of drug-likeness (QED) is 0.857. The molecule has 0 aliphatic carbocycles. The Kier molecular flexibility index (Phi) is 4.37.